The standard InChI is InChI=1S/C22H22FN5OS/c1-14-18-12-19(21(29)25-20-10-11-24-28(20)17-4-2-3-5-17)30-22(18)27(26-14)13-15-6-8-16(23)9-7-15/h6-12,17H,2-5,13H2,1H3,(H,25,29). The highest BCUT2D eigenvalue weighted by molar-refractivity contribution is 7.20. The van der Waals surface area contributed by atoms with E-state index in [1.54, 1.807) is 18.3 Å². The van der Waals surface area contributed by atoms with E-state index in [2.05, 4.69) is 15.5 Å². The van der Waals surface area contributed by atoms with Gasteiger partial charge in [-0.1, -0.05) is 25.0 Å². The van der Waals surface area contributed by atoms with Crippen molar-refractivity contribution >= 4 is 33.3 Å². The Kier molecular flexibility index (Phi) is 4.86. The molecule has 0 bridgehead atoms. The number of halogens is 1. The molecule has 4 aromatic rings. The van der Waals surface area contributed by atoms with Gasteiger partial charge in [0.25, 0.3) is 5.91 Å². The molecule has 0 saturated heterocycles. The molecule has 6 nitrogen and oxygen atoms in total. The van der Waals surface area contributed by atoms with Gasteiger partial charge in [0.15, 0.2) is 0 Å². The third-order valence-electron chi connectivity index (χ3n) is 5.66. The van der Waals surface area contributed by atoms with Crippen LogP contribution in [0.2, 0.25) is 0 Å². The maximum Gasteiger partial charge on any atom is 0.266 e. The molecule has 154 valence electrons. The van der Waals surface area contributed by atoms with Crippen LogP contribution in [0.1, 0.15) is 52.7 Å². The maximum absolute atomic E-state index is 13.2. The van der Waals surface area contributed by atoms with Crippen molar-refractivity contribution in [3.05, 3.63) is 64.5 Å². The molecule has 1 N–H and O–H groups in total. The molecule has 0 unspecified atom stereocenters. The van der Waals surface area contributed by atoms with Gasteiger partial charge in [0.1, 0.15) is 16.5 Å². The fourth-order valence-corrected chi connectivity index (χ4v) is 5.18. The number of hydrogen-bond acceptors (Lipinski definition) is 4. The van der Waals surface area contributed by atoms with E-state index in [4.69, 9.17) is 0 Å². The SMILES string of the molecule is Cc1nn(Cc2ccc(F)cc2)c2sc(C(=O)Nc3ccnn3C3CCCC3)cc12. The topological polar surface area (TPSA) is 64.7 Å². The number of carbonyl (C=O) groups excluding carboxylic acids is 1. The second-order valence-corrected chi connectivity index (χ2v) is 8.78. The van der Waals surface area contributed by atoms with Crippen LogP contribution in [0.5, 0.6) is 0 Å². The Morgan fingerprint density at radius 3 is 2.77 bits per heavy atom. The Balaban J connectivity index is 1.39. The van der Waals surface area contributed by atoms with Crippen molar-refractivity contribution in [2.24, 2.45) is 0 Å². The second kappa shape index (κ2) is 7.68. The van der Waals surface area contributed by atoms with Gasteiger partial charge in [-0.3, -0.25) is 9.48 Å². The minimum absolute atomic E-state index is 0.135. The lowest BCUT2D eigenvalue weighted by atomic mass is 10.2. The maximum atomic E-state index is 13.2. The summed E-state index contributed by atoms with van der Waals surface area (Å²) < 4.78 is 17.0. The van der Waals surface area contributed by atoms with Gasteiger partial charge in [0.05, 0.1) is 29.4 Å². The molecule has 0 atom stereocenters. The van der Waals surface area contributed by atoms with E-state index in [0.29, 0.717) is 17.5 Å². The van der Waals surface area contributed by atoms with Crippen LogP contribution >= 0.6 is 11.3 Å². The van der Waals surface area contributed by atoms with Gasteiger partial charge in [-0.25, -0.2) is 9.07 Å². The van der Waals surface area contributed by atoms with E-state index in [-0.39, 0.29) is 11.7 Å². The summed E-state index contributed by atoms with van der Waals surface area (Å²) in [6.45, 7) is 2.47. The fraction of sp³-hybridized carbons (Fsp3) is 0.318. The van der Waals surface area contributed by atoms with Crippen molar-refractivity contribution in [1.82, 2.24) is 19.6 Å². The molecule has 5 rings (SSSR count). The normalized spacial score (nSPS) is 14.6. The lowest BCUT2D eigenvalue weighted by Crippen LogP contribution is -2.16. The third-order valence-corrected chi connectivity index (χ3v) is 6.81. The van der Waals surface area contributed by atoms with Gasteiger partial charge in [-0.15, -0.1) is 11.3 Å². The molecule has 3 aromatic heterocycles. The highest BCUT2D eigenvalue weighted by Crippen LogP contribution is 2.32. The number of benzene rings is 1. The van der Waals surface area contributed by atoms with Gasteiger partial charge < -0.3 is 5.32 Å². The van der Waals surface area contributed by atoms with Crippen molar-refractivity contribution in [3.63, 3.8) is 0 Å². The Labute approximate surface area is 177 Å². The van der Waals surface area contributed by atoms with Crippen molar-refractivity contribution in [2.45, 2.75) is 45.2 Å². The van der Waals surface area contributed by atoms with Crippen molar-refractivity contribution in [2.75, 3.05) is 5.32 Å². The summed E-state index contributed by atoms with van der Waals surface area (Å²) in [7, 11) is 0. The van der Waals surface area contributed by atoms with Crippen LogP contribution < -0.4 is 5.32 Å². The summed E-state index contributed by atoms with van der Waals surface area (Å²) >= 11 is 1.42. The molecule has 1 fully saturated rings. The number of nitrogens with zero attached hydrogens (tertiary/aromatic N) is 4. The summed E-state index contributed by atoms with van der Waals surface area (Å²) in [6.07, 6.45) is 6.36. The quantitative estimate of drug-likeness (QED) is 0.482. The van der Waals surface area contributed by atoms with Crippen LogP contribution in [-0.4, -0.2) is 25.5 Å². The summed E-state index contributed by atoms with van der Waals surface area (Å²) in [5.74, 6) is 0.352. The van der Waals surface area contributed by atoms with E-state index in [1.165, 1.54) is 36.3 Å². The number of amides is 1. The van der Waals surface area contributed by atoms with Crippen LogP contribution in [-0.2, 0) is 6.54 Å². The number of thiophene rings is 1. The first-order chi connectivity index (χ1) is 14.6. The summed E-state index contributed by atoms with van der Waals surface area (Å²) in [4.78, 5) is 14.5. The predicted molar refractivity (Wildman–Crippen MR) is 116 cm³/mol. The zero-order valence-corrected chi connectivity index (χ0v) is 17.5. The van der Waals surface area contributed by atoms with E-state index in [0.717, 1.165) is 40.1 Å². The second-order valence-electron chi connectivity index (χ2n) is 7.75. The first-order valence-corrected chi connectivity index (χ1v) is 11.0. The van der Waals surface area contributed by atoms with Gasteiger partial charge >= 0.3 is 0 Å². The molecule has 0 aliphatic heterocycles. The summed E-state index contributed by atoms with van der Waals surface area (Å²) in [5, 5.41) is 13.0. The molecular formula is C22H22FN5OS. The molecule has 0 radical (unpaired) electrons. The van der Waals surface area contributed by atoms with Crippen LogP contribution in [0.15, 0.2) is 42.6 Å². The number of aryl methyl sites for hydroxylation is 1. The average Bonchev–Trinajstić information content (AvgIpc) is 3.50. The van der Waals surface area contributed by atoms with Crippen molar-refractivity contribution < 1.29 is 9.18 Å². The molecule has 1 aliphatic carbocycles. The highest BCUT2D eigenvalue weighted by atomic mass is 32.1. The molecule has 1 amide bonds. The Morgan fingerprint density at radius 2 is 2.00 bits per heavy atom. The van der Waals surface area contributed by atoms with Gasteiger partial charge in [-0.05, 0) is 43.5 Å². The summed E-state index contributed by atoms with van der Waals surface area (Å²) in [6, 6.07) is 10.5. The molecule has 3 heterocycles. The van der Waals surface area contributed by atoms with Gasteiger partial charge in [-0.2, -0.15) is 10.2 Å². The first kappa shape index (κ1) is 19.0. The first-order valence-electron chi connectivity index (χ1n) is 10.1. The lowest BCUT2D eigenvalue weighted by molar-refractivity contribution is 0.102. The van der Waals surface area contributed by atoms with Crippen LogP contribution in [0, 0.1) is 12.7 Å². The monoisotopic (exact) mass is 423 g/mol. The van der Waals surface area contributed by atoms with E-state index >= 15 is 0 Å². The van der Waals surface area contributed by atoms with E-state index in [1.807, 2.05) is 28.4 Å². The van der Waals surface area contributed by atoms with Crippen LogP contribution in [0.4, 0.5) is 10.2 Å². The molecule has 0 spiro atoms. The zero-order chi connectivity index (χ0) is 20.7. The lowest BCUT2D eigenvalue weighted by Gasteiger charge is -2.14. The van der Waals surface area contributed by atoms with Crippen LogP contribution in [0.25, 0.3) is 10.2 Å². The van der Waals surface area contributed by atoms with Crippen LogP contribution in [0.3, 0.4) is 0 Å². The number of carbonyl (C=O) groups is 1. The average molecular weight is 424 g/mol. The minimum atomic E-state index is -0.257. The van der Waals surface area contributed by atoms with E-state index < -0.39 is 0 Å². The number of anilines is 1. The number of fused-ring (bicyclic) bond motifs is 1. The fourth-order valence-electron chi connectivity index (χ4n) is 4.13. The number of aromatic nitrogens is 4. The molecule has 8 heteroatoms. The Hall–Kier alpha value is -3.00. The van der Waals surface area contributed by atoms with E-state index in [9.17, 15) is 9.18 Å². The number of nitrogens with one attached hydrogen (secondary N) is 1. The summed E-state index contributed by atoms with van der Waals surface area (Å²) in [5.41, 5.74) is 1.83. The molecule has 1 aromatic carbocycles. The predicted octanol–water partition coefficient (Wildman–Crippen LogP) is 5.16. The minimum Gasteiger partial charge on any atom is -0.306 e. The largest absolute Gasteiger partial charge is 0.306 e. The van der Waals surface area contributed by atoms with Crippen molar-refractivity contribution in [1.29, 1.82) is 0 Å². The Morgan fingerprint density at radius 1 is 1.23 bits per heavy atom. The third kappa shape index (κ3) is 3.52. The smallest absolute Gasteiger partial charge is 0.266 e. The van der Waals surface area contributed by atoms with Crippen molar-refractivity contribution in [3.8, 4) is 0 Å². The molecule has 1 aliphatic rings. The van der Waals surface area contributed by atoms with Gasteiger partial charge in [0.2, 0.25) is 0 Å². The number of rotatable bonds is 5. The molecule has 30 heavy (non-hydrogen) atoms. The van der Waals surface area contributed by atoms with Gasteiger partial charge in [0, 0.05) is 11.5 Å². The molecule has 1 saturated carbocycles. The molecular weight excluding hydrogens is 401 g/mol. The highest BCUT2D eigenvalue weighted by Gasteiger charge is 2.22. The zero-order valence-electron chi connectivity index (χ0n) is 16.6. The number of hydrogen-bond donors (Lipinski definition) is 1. The Bertz CT molecular complexity index is 1200.